The standard InChI is InChI=1S/C13H16ClNO/c1-13(2)8-7-12(16)15(13)9-10-3-5-11(14)6-4-10/h3-6H,7-9H2,1-2H3. The molecule has 1 aromatic carbocycles. The van der Waals surface area contributed by atoms with E-state index >= 15 is 0 Å². The first-order valence-corrected chi connectivity index (χ1v) is 5.92. The van der Waals surface area contributed by atoms with Gasteiger partial charge >= 0.3 is 0 Å². The van der Waals surface area contributed by atoms with Gasteiger partial charge in [-0.05, 0) is 38.0 Å². The zero-order valence-corrected chi connectivity index (χ0v) is 10.4. The number of benzene rings is 1. The van der Waals surface area contributed by atoms with Gasteiger partial charge in [0.25, 0.3) is 0 Å². The van der Waals surface area contributed by atoms with Crippen LogP contribution in [0.5, 0.6) is 0 Å². The number of likely N-dealkylation sites (tertiary alicyclic amines) is 1. The van der Waals surface area contributed by atoms with Crippen molar-refractivity contribution in [2.75, 3.05) is 0 Å². The minimum absolute atomic E-state index is 0.0171. The number of halogens is 1. The molecule has 2 nitrogen and oxygen atoms in total. The van der Waals surface area contributed by atoms with E-state index in [0.717, 1.165) is 17.0 Å². The van der Waals surface area contributed by atoms with Crippen LogP contribution in [0.2, 0.25) is 5.02 Å². The first-order chi connectivity index (χ1) is 7.49. The summed E-state index contributed by atoms with van der Waals surface area (Å²) in [5.41, 5.74) is 1.12. The number of nitrogens with zero attached hydrogens (tertiary/aromatic N) is 1. The lowest BCUT2D eigenvalue weighted by Crippen LogP contribution is -2.40. The topological polar surface area (TPSA) is 20.3 Å². The lowest BCUT2D eigenvalue weighted by Gasteiger charge is -2.31. The highest BCUT2D eigenvalue weighted by Gasteiger charge is 2.37. The smallest absolute Gasteiger partial charge is 0.223 e. The monoisotopic (exact) mass is 237 g/mol. The van der Waals surface area contributed by atoms with Crippen LogP contribution in [0.3, 0.4) is 0 Å². The molecule has 0 saturated carbocycles. The molecule has 0 spiro atoms. The quantitative estimate of drug-likeness (QED) is 0.773. The second-order valence-electron chi connectivity index (χ2n) is 4.92. The first-order valence-electron chi connectivity index (χ1n) is 5.54. The number of carbonyl (C=O) groups excluding carboxylic acids is 1. The Bertz CT molecular complexity index is 397. The molecule has 0 unspecified atom stereocenters. The van der Waals surface area contributed by atoms with Crippen LogP contribution < -0.4 is 0 Å². The van der Waals surface area contributed by atoms with Crippen LogP contribution >= 0.6 is 11.6 Å². The lowest BCUT2D eigenvalue weighted by molar-refractivity contribution is -0.131. The maximum Gasteiger partial charge on any atom is 0.223 e. The molecule has 0 aromatic heterocycles. The number of amides is 1. The van der Waals surface area contributed by atoms with Gasteiger partial charge in [0, 0.05) is 23.5 Å². The molecule has 1 heterocycles. The fraction of sp³-hybridized carbons (Fsp3) is 0.462. The molecule has 0 N–H and O–H groups in total. The summed E-state index contributed by atoms with van der Waals surface area (Å²) in [6.45, 7) is 4.92. The highest BCUT2D eigenvalue weighted by atomic mass is 35.5. The Hall–Kier alpha value is -1.02. The van der Waals surface area contributed by atoms with Crippen LogP contribution in [0.15, 0.2) is 24.3 Å². The van der Waals surface area contributed by atoms with Gasteiger partial charge in [0.15, 0.2) is 0 Å². The molecule has 0 bridgehead atoms. The highest BCUT2D eigenvalue weighted by Crippen LogP contribution is 2.30. The van der Waals surface area contributed by atoms with Crippen molar-refractivity contribution in [3.63, 3.8) is 0 Å². The molecule has 86 valence electrons. The summed E-state index contributed by atoms with van der Waals surface area (Å²) in [6, 6.07) is 7.68. The molecule has 1 aliphatic heterocycles. The van der Waals surface area contributed by atoms with Gasteiger partial charge < -0.3 is 4.90 Å². The molecule has 1 aromatic rings. The Balaban J connectivity index is 2.15. The van der Waals surface area contributed by atoms with Crippen LogP contribution in [-0.2, 0) is 11.3 Å². The molecular weight excluding hydrogens is 222 g/mol. The highest BCUT2D eigenvalue weighted by molar-refractivity contribution is 6.30. The van der Waals surface area contributed by atoms with Crippen LogP contribution in [-0.4, -0.2) is 16.3 Å². The first kappa shape index (κ1) is 11.5. The maximum absolute atomic E-state index is 11.8. The molecule has 0 radical (unpaired) electrons. The van der Waals surface area contributed by atoms with Crippen molar-refractivity contribution >= 4 is 17.5 Å². The van der Waals surface area contributed by atoms with E-state index in [1.807, 2.05) is 29.2 Å². The fourth-order valence-corrected chi connectivity index (χ4v) is 2.22. The summed E-state index contributed by atoms with van der Waals surface area (Å²) in [5, 5.41) is 0.732. The third-order valence-corrected chi connectivity index (χ3v) is 3.49. The van der Waals surface area contributed by atoms with E-state index in [1.165, 1.54) is 0 Å². The van der Waals surface area contributed by atoms with Crippen molar-refractivity contribution < 1.29 is 4.79 Å². The Kier molecular flexibility index (Phi) is 2.94. The average molecular weight is 238 g/mol. The maximum atomic E-state index is 11.8. The number of rotatable bonds is 2. The summed E-state index contributed by atoms with van der Waals surface area (Å²) in [7, 11) is 0. The van der Waals surface area contributed by atoms with Gasteiger partial charge in [0.1, 0.15) is 0 Å². The van der Waals surface area contributed by atoms with Gasteiger partial charge in [-0.3, -0.25) is 4.79 Å². The SMILES string of the molecule is CC1(C)CCC(=O)N1Cc1ccc(Cl)cc1. The molecule has 3 heteroatoms. The van der Waals surface area contributed by atoms with Crippen LogP contribution in [0.1, 0.15) is 32.3 Å². The summed E-state index contributed by atoms with van der Waals surface area (Å²) < 4.78 is 0. The second kappa shape index (κ2) is 4.10. The van der Waals surface area contributed by atoms with Gasteiger partial charge in [0.05, 0.1) is 0 Å². The van der Waals surface area contributed by atoms with Crippen molar-refractivity contribution in [2.24, 2.45) is 0 Å². The van der Waals surface area contributed by atoms with E-state index in [0.29, 0.717) is 13.0 Å². The van der Waals surface area contributed by atoms with Crippen LogP contribution in [0, 0.1) is 0 Å². The van der Waals surface area contributed by atoms with Gasteiger partial charge in [-0.25, -0.2) is 0 Å². The average Bonchev–Trinajstić information content (AvgIpc) is 2.48. The zero-order valence-electron chi connectivity index (χ0n) is 9.66. The molecular formula is C13H16ClNO. The predicted molar refractivity (Wildman–Crippen MR) is 65.3 cm³/mol. The van der Waals surface area contributed by atoms with E-state index in [-0.39, 0.29) is 11.4 Å². The van der Waals surface area contributed by atoms with Gasteiger partial charge in [-0.2, -0.15) is 0 Å². The van der Waals surface area contributed by atoms with Crippen LogP contribution in [0.25, 0.3) is 0 Å². The van der Waals surface area contributed by atoms with E-state index in [4.69, 9.17) is 11.6 Å². The molecule has 1 saturated heterocycles. The Morgan fingerprint density at radius 3 is 2.44 bits per heavy atom. The molecule has 1 aliphatic rings. The van der Waals surface area contributed by atoms with E-state index in [9.17, 15) is 4.79 Å². The minimum Gasteiger partial charge on any atom is -0.333 e. The molecule has 16 heavy (non-hydrogen) atoms. The van der Waals surface area contributed by atoms with Gasteiger partial charge in [-0.15, -0.1) is 0 Å². The number of hydrogen-bond acceptors (Lipinski definition) is 1. The summed E-state index contributed by atoms with van der Waals surface area (Å²) >= 11 is 5.83. The van der Waals surface area contributed by atoms with Crippen molar-refractivity contribution in [1.29, 1.82) is 0 Å². The minimum atomic E-state index is -0.0171. The Morgan fingerprint density at radius 1 is 1.31 bits per heavy atom. The molecule has 0 atom stereocenters. The predicted octanol–water partition coefficient (Wildman–Crippen LogP) is 3.24. The molecule has 1 fully saturated rings. The van der Waals surface area contributed by atoms with Crippen molar-refractivity contribution in [3.8, 4) is 0 Å². The summed E-state index contributed by atoms with van der Waals surface area (Å²) in [5.74, 6) is 0.250. The molecule has 2 rings (SSSR count). The summed E-state index contributed by atoms with van der Waals surface area (Å²) in [6.07, 6.45) is 1.61. The Labute approximate surface area is 101 Å². The van der Waals surface area contributed by atoms with E-state index in [2.05, 4.69) is 13.8 Å². The Morgan fingerprint density at radius 2 is 1.94 bits per heavy atom. The van der Waals surface area contributed by atoms with E-state index in [1.54, 1.807) is 0 Å². The van der Waals surface area contributed by atoms with Gasteiger partial charge in [-0.1, -0.05) is 23.7 Å². The third-order valence-electron chi connectivity index (χ3n) is 3.24. The normalized spacial score (nSPS) is 19.2. The lowest BCUT2D eigenvalue weighted by atomic mass is 10.0. The summed E-state index contributed by atoms with van der Waals surface area (Å²) in [4.78, 5) is 13.7. The number of hydrogen-bond donors (Lipinski definition) is 0. The van der Waals surface area contributed by atoms with E-state index < -0.39 is 0 Å². The fourth-order valence-electron chi connectivity index (χ4n) is 2.09. The third kappa shape index (κ3) is 2.22. The van der Waals surface area contributed by atoms with Crippen molar-refractivity contribution in [1.82, 2.24) is 4.90 Å². The van der Waals surface area contributed by atoms with Crippen molar-refractivity contribution in [2.45, 2.75) is 38.8 Å². The second-order valence-corrected chi connectivity index (χ2v) is 5.36. The van der Waals surface area contributed by atoms with Crippen molar-refractivity contribution in [3.05, 3.63) is 34.9 Å². The largest absolute Gasteiger partial charge is 0.333 e. The van der Waals surface area contributed by atoms with Gasteiger partial charge in [0.2, 0.25) is 5.91 Å². The zero-order chi connectivity index (χ0) is 11.8. The molecule has 0 aliphatic carbocycles. The van der Waals surface area contributed by atoms with Crippen LogP contribution in [0.4, 0.5) is 0 Å². The number of carbonyl (C=O) groups is 1. The molecule has 1 amide bonds.